The van der Waals surface area contributed by atoms with Crippen LogP contribution in [0.5, 0.6) is 0 Å². The van der Waals surface area contributed by atoms with Crippen LogP contribution in [0.2, 0.25) is 0 Å². The fourth-order valence-corrected chi connectivity index (χ4v) is 4.10. The molecule has 1 aliphatic heterocycles. The first-order valence-corrected chi connectivity index (χ1v) is 10.1. The number of likely N-dealkylation sites (tertiary alicyclic amines) is 1. The zero-order chi connectivity index (χ0) is 20.1. The Bertz CT molecular complexity index is 806. The van der Waals surface area contributed by atoms with E-state index < -0.39 is 6.04 Å². The van der Waals surface area contributed by atoms with E-state index in [-0.39, 0.29) is 11.9 Å². The number of piperidine rings is 1. The number of rotatable bonds is 7. The van der Waals surface area contributed by atoms with Gasteiger partial charge in [0.1, 0.15) is 6.04 Å². The highest BCUT2D eigenvalue weighted by atomic mass is 16.5. The highest BCUT2D eigenvalue weighted by Gasteiger charge is 2.26. The molecule has 1 fully saturated rings. The van der Waals surface area contributed by atoms with Gasteiger partial charge >= 0.3 is 5.97 Å². The Morgan fingerprint density at radius 1 is 1.25 bits per heavy atom. The lowest BCUT2D eigenvalue weighted by molar-refractivity contribution is -0.145. The van der Waals surface area contributed by atoms with Crippen molar-refractivity contribution in [2.24, 2.45) is 5.92 Å². The number of carbonyl (C=O) groups excluding carboxylic acids is 2. The van der Waals surface area contributed by atoms with Crippen LogP contribution in [0.25, 0.3) is 10.9 Å². The largest absolute Gasteiger partial charge is 0.467 e. The van der Waals surface area contributed by atoms with Gasteiger partial charge in [-0.2, -0.15) is 0 Å². The molecule has 1 aromatic heterocycles. The second-order valence-electron chi connectivity index (χ2n) is 8.11. The molecule has 1 aromatic carbocycles. The summed E-state index contributed by atoms with van der Waals surface area (Å²) in [5.74, 6) is 0.331. The zero-order valence-electron chi connectivity index (χ0n) is 17.0. The van der Waals surface area contributed by atoms with Crippen molar-refractivity contribution in [2.45, 2.75) is 45.1 Å². The summed E-state index contributed by atoms with van der Waals surface area (Å²) in [6.45, 7) is 6.14. The molecule has 0 aliphatic carbocycles. The van der Waals surface area contributed by atoms with Crippen LogP contribution in [0.3, 0.4) is 0 Å². The van der Waals surface area contributed by atoms with E-state index in [1.54, 1.807) is 0 Å². The third-order valence-electron chi connectivity index (χ3n) is 5.54. The average molecular weight is 386 g/mol. The molecule has 28 heavy (non-hydrogen) atoms. The third-order valence-corrected chi connectivity index (χ3v) is 5.54. The molecule has 1 saturated heterocycles. The van der Waals surface area contributed by atoms with Crippen molar-refractivity contribution in [3.05, 3.63) is 36.0 Å². The van der Waals surface area contributed by atoms with Crippen LogP contribution in [-0.2, 0) is 14.3 Å². The summed E-state index contributed by atoms with van der Waals surface area (Å²) in [7, 11) is 1.36. The summed E-state index contributed by atoms with van der Waals surface area (Å²) in [5, 5.41) is 4.15. The van der Waals surface area contributed by atoms with Crippen LogP contribution in [-0.4, -0.2) is 54.5 Å². The summed E-state index contributed by atoms with van der Waals surface area (Å²) < 4.78 is 4.82. The Hall–Kier alpha value is -2.34. The predicted molar refractivity (Wildman–Crippen MR) is 110 cm³/mol. The number of hydrogen-bond acceptors (Lipinski definition) is 4. The minimum Gasteiger partial charge on any atom is -0.467 e. The van der Waals surface area contributed by atoms with Crippen molar-refractivity contribution < 1.29 is 14.3 Å². The van der Waals surface area contributed by atoms with E-state index in [9.17, 15) is 9.59 Å². The van der Waals surface area contributed by atoms with Gasteiger partial charge in [0.2, 0.25) is 5.91 Å². The molecule has 2 N–H and O–H groups in total. The van der Waals surface area contributed by atoms with E-state index in [4.69, 9.17) is 4.74 Å². The number of amides is 1. The molecular weight excluding hydrogens is 354 g/mol. The molecule has 2 aromatic rings. The minimum atomic E-state index is -0.568. The first-order valence-electron chi connectivity index (χ1n) is 10.1. The molecule has 6 heteroatoms. The molecule has 1 aliphatic rings. The Morgan fingerprint density at radius 2 is 1.96 bits per heavy atom. The van der Waals surface area contributed by atoms with Crippen molar-refractivity contribution in [1.82, 2.24) is 15.2 Å². The van der Waals surface area contributed by atoms with Gasteiger partial charge < -0.3 is 15.0 Å². The lowest BCUT2D eigenvalue weighted by Crippen LogP contribution is -2.47. The predicted octanol–water partition coefficient (Wildman–Crippen LogP) is 3.05. The molecule has 0 spiro atoms. The molecule has 0 saturated carbocycles. The normalized spacial score (nSPS) is 17.0. The van der Waals surface area contributed by atoms with Crippen LogP contribution in [0, 0.1) is 5.92 Å². The summed E-state index contributed by atoms with van der Waals surface area (Å²) in [6, 6.07) is 7.83. The van der Waals surface area contributed by atoms with Crippen molar-refractivity contribution in [2.75, 3.05) is 26.7 Å². The molecule has 1 amide bonds. The summed E-state index contributed by atoms with van der Waals surface area (Å²) >= 11 is 0. The molecule has 2 heterocycles. The van der Waals surface area contributed by atoms with E-state index in [1.165, 1.54) is 23.6 Å². The molecule has 3 rings (SSSR count). The second kappa shape index (κ2) is 9.24. The average Bonchev–Trinajstić information content (AvgIpc) is 3.11. The van der Waals surface area contributed by atoms with E-state index in [2.05, 4.69) is 39.6 Å². The lowest BCUT2D eigenvalue weighted by Gasteiger charge is -2.31. The van der Waals surface area contributed by atoms with Gasteiger partial charge in [-0.15, -0.1) is 0 Å². The van der Waals surface area contributed by atoms with Crippen LogP contribution in [0.4, 0.5) is 0 Å². The number of aromatic amines is 1. The number of nitrogens with zero attached hydrogens (tertiary/aromatic N) is 1. The highest BCUT2D eigenvalue weighted by Crippen LogP contribution is 2.32. The Morgan fingerprint density at radius 3 is 2.64 bits per heavy atom. The smallest absolute Gasteiger partial charge is 0.328 e. The van der Waals surface area contributed by atoms with Gasteiger partial charge in [0.15, 0.2) is 0 Å². The van der Waals surface area contributed by atoms with Crippen molar-refractivity contribution in [3.63, 3.8) is 0 Å². The van der Waals surface area contributed by atoms with E-state index >= 15 is 0 Å². The maximum Gasteiger partial charge on any atom is 0.328 e. The molecule has 6 nitrogen and oxygen atoms in total. The van der Waals surface area contributed by atoms with Gasteiger partial charge in [0.25, 0.3) is 0 Å². The number of carbonyl (C=O) groups is 2. The Labute approximate surface area is 166 Å². The first kappa shape index (κ1) is 20.4. The number of para-hydroxylation sites is 1. The van der Waals surface area contributed by atoms with Crippen LogP contribution >= 0.6 is 0 Å². The summed E-state index contributed by atoms with van der Waals surface area (Å²) in [4.78, 5) is 29.9. The summed E-state index contributed by atoms with van der Waals surface area (Å²) in [6.07, 6.45) is 4.77. The molecular formula is C22H31N3O3. The lowest BCUT2D eigenvalue weighted by atomic mass is 9.89. The Balaban J connectivity index is 1.52. The SMILES string of the molecule is COC(=O)C(CC(C)C)NC(=O)CN1CCC(c2c[nH]c3ccccc23)CC1. The van der Waals surface area contributed by atoms with Crippen molar-refractivity contribution in [3.8, 4) is 0 Å². The molecule has 1 unspecified atom stereocenters. The molecule has 0 radical (unpaired) electrons. The van der Waals surface area contributed by atoms with Gasteiger partial charge in [0, 0.05) is 17.1 Å². The number of methoxy groups -OCH3 is 1. The molecule has 152 valence electrons. The fraction of sp³-hybridized carbons (Fsp3) is 0.545. The maximum atomic E-state index is 12.4. The number of hydrogen-bond donors (Lipinski definition) is 2. The van der Waals surface area contributed by atoms with E-state index in [0.717, 1.165) is 25.9 Å². The Kier molecular flexibility index (Phi) is 6.73. The minimum absolute atomic E-state index is 0.110. The van der Waals surface area contributed by atoms with Crippen LogP contribution in [0.15, 0.2) is 30.5 Å². The van der Waals surface area contributed by atoms with Gasteiger partial charge in [-0.25, -0.2) is 4.79 Å². The monoisotopic (exact) mass is 385 g/mol. The van der Waals surface area contributed by atoms with Gasteiger partial charge in [-0.05, 0) is 55.8 Å². The standard InChI is InChI=1S/C22H31N3O3/c1-15(2)12-20(22(27)28-3)24-21(26)14-25-10-8-16(9-11-25)18-13-23-19-7-5-4-6-17(18)19/h4-7,13,15-16,20,23H,8-12,14H2,1-3H3,(H,24,26). The van der Waals surface area contributed by atoms with Crippen LogP contribution in [0.1, 0.15) is 44.6 Å². The third kappa shape index (κ3) is 4.93. The first-order chi connectivity index (χ1) is 13.5. The van der Waals surface area contributed by atoms with Gasteiger partial charge in [-0.1, -0.05) is 32.0 Å². The van der Waals surface area contributed by atoms with Crippen molar-refractivity contribution in [1.29, 1.82) is 0 Å². The molecule has 0 bridgehead atoms. The number of benzene rings is 1. The summed E-state index contributed by atoms with van der Waals surface area (Å²) in [5.41, 5.74) is 2.56. The quantitative estimate of drug-likeness (QED) is 0.719. The molecule has 1 atom stereocenters. The number of fused-ring (bicyclic) bond motifs is 1. The van der Waals surface area contributed by atoms with E-state index in [0.29, 0.717) is 24.8 Å². The number of H-pyrrole nitrogens is 1. The van der Waals surface area contributed by atoms with Gasteiger partial charge in [0.05, 0.1) is 13.7 Å². The number of esters is 1. The second-order valence-corrected chi connectivity index (χ2v) is 8.11. The number of aromatic nitrogens is 1. The topological polar surface area (TPSA) is 74.4 Å². The fourth-order valence-electron chi connectivity index (χ4n) is 4.10. The zero-order valence-corrected chi connectivity index (χ0v) is 17.0. The number of nitrogens with one attached hydrogen (secondary N) is 2. The van der Waals surface area contributed by atoms with E-state index in [1.807, 2.05) is 19.9 Å². The number of ether oxygens (including phenoxy) is 1. The van der Waals surface area contributed by atoms with Gasteiger partial charge in [-0.3, -0.25) is 9.69 Å². The van der Waals surface area contributed by atoms with Crippen LogP contribution < -0.4 is 5.32 Å². The van der Waals surface area contributed by atoms with Crippen molar-refractivity contribution >= 4 is 22.8 Å². The highest BCUT2D eigenvalue weighted by molar-refractivity contribution is 5.85. The maximum absolute atomic E-state index is 12.4.